The first kappa shape index (κ1) is 15.9. The van der Waals surface area contributed by atoms with E-state index < -0.39 is 35.4 Å². The van der Waals surface area contributed by atoms with Crippen LogP contribution in [0.25, 0.3) is 0 Å². The Morgan fingerprint density at radius 1 is 1.21 bits per heavy atom. The number of rotatable bonds is 3. The van der Waals surface area contributed by atoms with E-state index in [0.29, 0.717) is 6.07 Å². The van der Waals surface area contributed by atoms with Crippen LogP contribution in [-0.4, -0.2) is 18.5 Å². The summed E-state index contributed by atoms with van der Waals surface area (Å²) in [6, 6.07) is 0.341. The molecule has 0 fully saturated rings. The second-order valence-corrected chi connectivity index (χ2v) is 3.73. The lowest BCUT2D eigenvalue weighted by Gasteiger charge is -2.18. The Balaban J connectivity index is 3.47. The SMILES string of the molecule is COc1cc(C(F)(F)F)c(OC(F)(F)F)c(CBr)n1. The normalized spacial score (nSPS) is 12.4. The van der Waals surface area contributed by atoms with E-state index in [9.17, 15) is 26.3 Å². The van der Waals surface area contributed by atoms with Crippen molar-refractivity contribution in [3.8, 4) is 11.6 Å². The molecule has 0 N–H and O–H groups in total. The Morgan fingerprint density at radius 3 is 2.16 bits per heavy atom. The minimum Gasteiger partial charge on any atom is -0.481 e. The van der Waals surface area contributed by atoms with E-state index in [0.717, 1.165) is 7.11 Å². The fraction of sp³-hybridized carbons (Fsp3) is 0.444. The van der Waals surface area contributed by atoms with E-state index in [2.05, 4.69) is 30.4 Å². The summed E-state index contributed by atoms with van der Waals surface area (Å²) in [5, 5.41) is -0.362. The smallest absolute Gasteiger partial charge is 0.481 e. The van der Waals surface area contributed by atoms with Crippen molar-refractivity contribution < 1.29 is 35.8 Å². The zero-order valence-electron chi connectivity index (χ0n) is 9.19. The van der Waals surface area contributed by atoms with Gasteiger partial charge in [-0.2, -0.15) is 13.2 Å². The van der Waals surface area contributed by atoms with E-state index >= 15 is 0 Å². The predicted octanol–water partition coefficient (Wildman–Crippen LogP) is 3.90. The molecule has 0 amide bonds. The second kappa shape index (κ2) is 5.43. The number of hydrogen-bond donors (Lipinski definition) is 0. The Morgan fingerprint density at radius 2 is 1.79 bits per heavy atom. The largest absolute Gasteiger partial charge is 0.573 e. The molecule has 0 saturated heterocycles. The molecule has 0 saturated carbocycles. The predicted molar refractivity (Wildman–Crippen MR) is 55.1 cm³/mol. The maximum atomic E-state index is 12.7. The number of hydrogen-bond acceptors (Lipinski definition) is 3. The molecule has 3 nitrogen and oxygen atoms in total. The summed E-state index contributed by atoms with van der Waals surface area (Å²) in [6.07, 6.45) is -10.3. The molecule has 0 aliphatic carbocycles. The molecule has 0 atom stereocenters. The molecule has 0 bridgehead atoms. The van der Waals surface area contributed by atoms with Crippen LogP contribution < -0.4 is 9.47 Å². The lowest BCUT2D eigenvalue weighted by atomic mass is 10.2. The zero-order chi connectivity index (χ0) is 14.8. The molecule has 108 valence electrons. The van der Waals surface area contributed by atoms with Gasteiger partial charge in [0.2, 0.25) is 5.88 Å². The first-order valence-electron chi connectivity index (χ1n) is 4.55. The van der Waals surface area contributed by atoms with E-state index in [-0.39, 0.29) is 5.33 Å². The Labute approximate surface area is 111 Å². The Bertz CT molecular complexity index is 459. The lowest BCUT2D eigenvalue weighted by Crippen LogP contribution is -2.22. The van der Waals surface area contributed by atoms with Crippen molar-refractivity contribution in [1.82, 2.24) is 4.98 Å². The second-order valence-electron chi connectivity index (χ2n) is 3.17. The summed E-state index contributed by atoms with van der Waals surface area (Å²) in [5.41, 5.74) is -2.17. The van der Waals surface area contributed by atoms with Gasteiger partial charge >= 0.3 is 12.5 Å². The maximum absolute atomic E-state index is 12.7. The first-order valence-corrected chi connectivity index (χ1v) is 5.67. The van der Waals surface area contributed by atoms with Crippen molar-refractivity contribution >= 4 is 15.9 Å². The van der Waals surface area contributed by atoms with Crippen LogP contribution in [0.15, 0.2) is 6.07 Å². The van der Waals surface area contributed by atoms with Crippen LogP contribution in [0, 0.1) is 0 Å². The maximum Gasteiger partial charge on any atom is 0.573 e. The molecule has 0 spiro atoms. The van der Waals surface area contributed by atoms with Crippen LogP contribution >= 0.6 is 15.9 Å². The molecule has 0 unspecified atom stereocenters. The van der Waals surface area contributed by atoms with Crippen molar-refractivity contribution in [2.75, 3.05) is 7.11 Å². The summed E-state index contributed by atoms with van der Waals surface area (Å²) < 4.78 is 82.5. The number of methoxy groups -OCH3 is 1. The number of ether oxygens (including phenoxy) is 2. The lowest BCUT2D eigenvalue weighted by molar-refractivity contribution is -0.276. The average molecular weight is 354 g/mol. The van der Waals surface area contributed by atoms with Crippen LogP contribution in [0.2, 0.25) is 0 Å². The summed E-state index contributed by atoms with van der Waals surface area (Å²) in [7, 11) is 1.05. The van der Waals surface area contributed by atoms with Crippen LogP contribution in [0.3, 0.4) is 0 Å². The highest BCUT2D eigenvalue weighted by Gasteiger charge is 2.41. The van der Waals surface area contributed by atoms with Crippen molar-refractivity contribution in [3.05, 3.63) is 17.3 Å². The first-order chi connectivity index (χ1) is 8.58. The van der Waals surface area contributed by atoms with Gasteiger partial charge in [0.15, 0.2) is 5.75 Å². The third-order valence-corrected chi connectivity index (χ3v) is 2.41. The number of nitrogens with zero attached hydrogens (tertiary/aromatic N) is 1. The van der Waals surface area contributed by atoms with Gasteiger partial charge in [0.05, 0.1) is 12.8 Å². The van der Waals surface area contributed by atoms with Crippen molar-refractivity contribution in [2.45, 2.75) is 17.9 Å². The van der Waals surface area contributed by atoms with Gasteiger partial charge in [0.25, 0.3) is 0 Å². The molecule has 0 aromatic carbocycles. The van der Waals surface area contributed by atoms with Crippen molar-refractivity contribution in [3.63, 3.8) is 0 Å². The third-order valence-electron chi connectivity index (χ3n) is 1.88. The quantitative estimate of drug-likeness (QED) is 0.610. The fourth-order valence-corrected chi connectivity index (χ4v) is 1.58. The molecule has 10 heteroatoms. The van der Waals surface area contributed by atoms with Gasteiger partial charge in [-0.1, -0.05) is 15.9 Å². The number of halogens is 7. The molecule has 1 rings (SSSR count). The van der Waals surface area contributed by atoms with Crippen LogP contribution in [-0.2, 0) is 11.5 Å². The molecule has 0 aliphatic heterocycles. The summed E-state index contributed by atoms with van der Waals surface area (Å²) in [5.74, 6) is -1.85. The summed E-state index contributed by atoms with van der Waals surface area (Å²) >= 11 is 2.75. The number of pyridine rings is 1. The fourth-order valence-electron chi connectivity index (χ4n) is 1.20. The Hall–Kier alpha value is -1.19. The highest BCUT2D eigenvalue weighted by Crippen LogP contribution is 2.42. The van der Waals surface area contributed by atoms with Gasteiger partial charge < -0.3 is 9.47 Å². The van der Waals surface area contributed by atoms with Crippen molar-refractivity contribution in [2.24, 2.45) is 0 Å². The van der Waals surface area contributed by atoms with E-state index in [1.807, 2.05) is 0 Å². The van der Waals surface area contributed by atoms with Gasteiger partial charge in [-0.25, -0.2) is 4.98 Å². The van der Waals surface area contributed by atoms with Crippen LogP contribution in [0.4, 0.5) is 26.3 Å². The minimum atomic E-state index is -5.26. The molecular formula is C9H6BrF6NO2. The summed E-state index contributed by atoms with van der Waals surface area (Å²) in [6.45, 7) is 0. The molecule has 1 aromatic heterocycles. The molecule has 1 heterocycles. The number of aromatic nitrogens is 1. The molecule has 0 aliphatic rings. The van der Waals surface area contributed by atoms with Gasteiger partial charge in [-0.05, 0) is 0 Å². The van der Waals surface area contributed by atoms with E-state index in [1.54, 1.807) is 0 Å². The monoisotopic (exact) mass is 353 g/mol. The van der Waals surface area contributed by atoms with Gasteiger partial charge in [-0.3, -0.25) is 0 Å². The molecule has 0 radical (unpaired) electrons. The molecule has 19 heavy (non-hydrogen) atoms. The van der Waals surface area contributed by atoms with Crippen LogP contribution in [0.1, 0.15) is 11.3 Å². The van der Waals surface area contributed by atoms with Gasteiger partial charge in [0, 0.05) is 11.4 Å². The number of alkyl halides is 7. The Kier molecular flexibility index (Phi) is 4.54. The average Bonchev–Trinajstić information content (AvgIpc) is 2.25. The molecule has 1 aromatic rings. The topological polar surface area (TPSA) is 31.4 Å². The molecular weight excluding hydrogens is 348 g/mol. The van der Waals surface area contributed by atoms with E-state index in [4.69, 9.17) is 0 Å². The third kappa shape index (κ3) is 4.15. The highest BCUT2D eigenvalue weighted by atomic mass is 79.9. The zero-order valence-corrected chi connectivity index (χ0v) is 10.8. The van der Waals surface area contributed by atoms with Crippen molar-refractivity contribution in [1.29, 1.82) is 0 Å². The minimum absolute atomic E-state index is 0.341. The highest BCUT2D eigenvalue weighted by molar-refractivity contribution is 9.08. The summed E-state index contributed by atoms with van der Waals surface area (Å²) in [4.78, 5) is 3.47. The standard InChI is InChI=1S/C9H6BrF6NO2/c1-18-6-2-4(8(11,12)13)7(5(3-10)17-6)19-9(14,15)16/h2H,3H2,1H3. The van der Waals surface area contributed by atoms with E-state index in [1.165, 1.54) is 0 Å². The van der Waals surface area contributed by atoms with Gasteiger partial charge in [-0.15, -0.1) is 13.2 Å². The van der Waals surface area contributed by atoms with Crippen LogP contribution in [0.5, 0.6) is 11.6 Å². The van der Waals surface area contributed by atoms with Gasteiger partial charge in [0.1, 0.15) is 5.56 Å².